The fraction of sp³-hybridized carbons (Fsp3) is 0.462. The largest absolute Gasteiger partial charge is 0.496 e. The second-order valence-electron chi connectivity index (χ2n) is 4.13. The normalized spacial score (nSPS) is 10.1. The first-order chi connectivity index (χ1) is 7.97. The molecule has 0 radical (unpaired) electrons. The Morgan fingerprint density at radius 2 is 2.00 bits per heavy atom. The minimum absolute atomic E-state index is 0.502. The average Bonchev–Trinajstić information content (AvgIpc) is 2.30. The predicted molar refractivity (Wildman–Crippen MR) is 66.8 cm³/mol. The van der Waals surface area contributed by atoms with Gasteiger partial charge in [0.25, 0.3) is 0 Å². The SMILES string of the molecule is COc1ccc(CCN(C)C(=O)O)c(C)c1C. The Kier molecular flexibility index (Phi) is 4.37. The highest BCUT2D eigenvalue weighted by molar-refractivity contribution is 5.64. The van der Waals surface area contributed by atoms with Crippen LogP contribution in [0, 0.1) is 13.8 Å². The van der Waals surface area contributed by atoms with E-state index in [2.05, 4.69) is 0 Å². The van der Waals surface area contributed by atoms with E-state index in [-0.39, 0.29) is 0 Å². The lowest BCUT2D eigenvalue weighted by Gasteiger charge is -2.16. The topological polar surface area (TPSA) is 49.8 Å². The van der Waals surface area contributed by atoms with E-state index < -0.39 is 6.09 Å². The van der Waals surface area contributed by atoms with E-state index in [0.717, 1.165) is 23.3 Å². The van der Waals surface area contributed by atoms with Crippen LogP contribution in [0.15, 0.2) is 12.1 Å². The predicted octanol–water partition coefficient (Wildman–Crippen LogP) is 2.46. The number of methoxy groups -OCH3 is 1. The van der Waals surface area contributed by atoms with Crippen molar-refractivity contribution in [2.24, 2.45) is 0 Å². The molecule has 0 unspecified atom stereocenters. The van der Waals surface area contributed by atoms with Crippen molar-refractivity contribution in [1.82, 2.24) is 4.90 Å². The van der Waals surface area contributed by atoms with Gasteiger partial charge < -0.3 is 14.7 Å². The molecule has 0 saturated heterocycles. The molecule has 1 aromatic carbocycles. The number of carbonyl (C=O) groups is 1. The zero-order valence-electron chi connectivity index (χ0n) is 10.8. The van der Waals surface area contributed by atoms with Crippen LogP contribution in [0.4, 0.5) is 4.79 Å². The molecule has 4 nitrogen and oxygen atoms in total. The van der Waals surface area contributed by atoms with E-state index in [1.807, 2.05) is 26.0 Å². The van der Waals surface area contributed by atoms with Crippen LogP contribution in [0.1, 0.15) is 16.7 Å². The van der Waals surface area contributed by atoms with Gasteiger partial charge in [-0.05, 0) is 43.0 Å². The van der Waals surface area contributed by atoms with Gasteiger partial charge in [0, 0.05) is 13.6 Å². The van der Waals surface area contributed by atoms with Crippen LogP contribution in [0.2, 0.25) is 0 Å². The van der Waals surface area contributed by atoms with Gasteiger partial charge in [-0.3, -0.25) is 0 Å². The van der Waals surface area contributed by atoms with Crippen LogP contribution in [0.25, 0.3) is 0 Å². The van der Waals surface area contributed by atoms with Gasteiger partial charge in [0.15, 0.2) is 0 Å². The van der Waals surface area contributed by atoms with Crippen molar-refractivity contribution < 1.29 is 14.6 Å². The molecule has 0 aliphatic rings. The Morgan fingerprint density at radius 1 is 1.35 bits per heavy atom. The summed E-state index contributed by atoms with van der Waals surface area (Å²) in [6.45, 7) is 4.55. The fourth-order valence-corrected chi connectivity index (χ4v) is 1.73. The molecule has 1 aromatic rings. The van der Waals surface area contributed by atoms with Crippen molar-refractivity contribution in [3.05, 3.63) is 28.8 Å². The van der Waals surface area contributed by atoms with E-state index in [9.17, 15) is 4.79 Å². The van der Waals surface area contributed by atoms with Crippen LogP contribution < -0.4 is 4.74 Å². The number of hydrogen-bond donors (Lipinski definition) is 1. The molecule has 0 saturated carbocycles. The molecule has 1 amide bonds. The summed E-state index contributed by atoms with van der Waals surface area (Å²) in [7, 11) is 3.23. The van der Waals surface area contributed by atoms with Crippen molar-refractivity contribution >= 4 is 6.09 Å². The molecular formula is C13H19NO3. The lowest BCUT2D eigenvalue weighted by atomic mass is 10.00. The quantitative estimate of drug-likeness (QED) is 0.875. The first-order valence-corrected chi connectivity index (χ1v) is 5.54. The molecule has 0 aromatic heterocycles. The van der Waals surface area contributed by atoms with Crippen LogP contribution in [0.5, 0.6) is 5.75 Å². The fourth-order valence-electron chi connectivity index (χ4n) is 1.73. The van der Waals surface area contributed by atoms with Crippen molar-refractivity contribution in [3.8, 4) is 5.75 Å². The minimum atomic E-state index is -0.895. The summed E-state index contributed by atoms with van der Waals surface area (Å²) in [4.78, 5) is 12.0. The van der Waals surface area contributed by atoms with Gasteiger partial charge in [-0.1, -0.05) is 6.07 Å². The minimum Gasteiger partial charge on any atom is -0.496 e. The zero-order valence-corrected chi connectivity index (χ0v) is 10.8. The number of carboxylic acid groups (broad SMARTS) is 1. The lowest BCUT2D eigenvalue weighted by Crippen LogP contribution is -2.27. The number of benzene rings is 1. The van der Waals surface area contributed by atoms with Crippen LogP contribution >= 0.6 is 0 Å². The summed E-state index contributed by atoms with van der Waals surface area (Å²) < 4.78 is 5.24. The van der Waals surface area contributed by atoms with Gasteiger partial charge >= 0.3 is 6.09 Å². The van der Waals surface area contributed by atoms with Gasteiger partial charge in [-0.2, -0.15) is 0 Å². The molecule has 0 bridgehead atoms. The van der Waals surface area contributed by atoms with Crippen molar-refractivity contribution in [2.45, 2.75) is 20.3 Å². The highest BCUT2D eigenvalue weighted by atomic mass is 16.5. The van der Waals surface area contributed by atoms with E-state index in [1.165, 1.54) is 10.5 Å². The van der Waals surface area contributed by atoms with Gasteiger partial charge in [-0.15, -0.1) is 0 Å². The number of rotatable bonds is 4. The summed E-state index contributed by atoms with van der Waals surface area (Å²) in [5, 5.41) is 8.77. The molecule has 4 heteroatoms. The second-order valence-corrected chi connectivity index (χ2v) is 4.13. The lowest BCUT2D eigenvalue weighted by molar-refractivity contribution is 0.156. The number of ether oxygens (including phenoxy) is 1. The van der Waals surface area contributed by atoms with E-state index in [4.69, 9.17) is 9.84 Å². The third kappa shape index (κ3) is 3.12. The van der Waals surface area contributed by atoms with Gasteiger partial charge in [0.1, 0.15) is 5.75 Å². The van der Waals surface area contributed by atoms with Crippen molar-refractivity contribution in [1.29, 1.82) is 0 Å². The number of hydrogen-bond acceptors (Lipinski definition) is 2. The second kappa shape index (κ2) is 5.57. The van der Waals surface area contributed by atoms with Crippen LogP contribution in [0.3, 0.4) is 0 Å². The first kappa shape index (κ1) is 13.4. The van der Waals surface area contributed by atoms with Crippen molar-refractivity contribution in [3.63, 3.8) is 0 Å². The maximum Gasteiger partial charge on any atom is 0.407 e. The van der Waals surface area contributed by atoms with E-state index >= 15 is 0 Å². The third-order valence-electron chi connectivity index (χ3n) is 3.11. The summed E-state index contributed by atoms with van der Waals surface area (Å²) in [6, 6.07) is 3.93. The van der Waals surface area contributed by atoms with Gasteiger partial charge in [0.2, 0.25) is 0 Å². The highest BCUT2D eigenvalue weighted by Crippen LogP contribution is 2.24. The molecule has 0 heterocycles. The number of likely N-dealkylation sites (N-methyl/N-ethyl adjacent to an activating group) is 1. The third-order valence-corrected chi connectivity index (χ3v) is 3.11. The Bertz CT molecular complexity index is 415. The summed E-state index contributed by atoms with van der Waals surface area (Å²) in [5.41, 5.74) is 3.45. The molecule has 94 valence electrons. The van der Waals surface area contributed by atoms with Gasteiger partial charge in [-0.25, -0.2) is 4.79 Å². The summed E-state index contributed by atoms with van der Waals surface area (Å²) in [6.07, 6.45) is -0.174. The summed E-state index contributed by atoms with van der Waals surface area (Å²) in [5.74, 6) is 0.873. The molecular weight excluding hydrogens is 218 g/mol. The molecule has 1 N–H and O–H groups in total. The van der Waals surface area contributed by atoms with Crippen LogP contribution in [-0.4, -0.2) is 36.8 Å². The maximum atomic E-state index is 10.7. The molecule has 0 aliphatic carbocycles. The van der Waals surface area contributed by atoms with E-state index in [0.29, 0.717) is 6.54 Å². The zero-order chi connectivity index (χ0) is 13.0. The van der Waals surface area contributed by atoms with Gasteiger partial charge in [0.05, 0.1) is 7.11 Å². The van der Waals surface area contributed by atoms with Crippen molar-refractivity contribution in [2.75, 3.05) is 20.7 Å². The molecule has 0 aliphatic heterocycles. The molecule has 0 fully saturated rings. The number of amides is 1. The monoisotopic (exact) mass is 237 g/mol. The Balaban J connectivity index is 2.79. The summed E-state index contributed by atoms with van der Waals surface area (Å²) >= 11 is 0. The molecule has 17 heavy (non-hydrogen) atoms. The maximum absolute atomic E-state index is 10.7. The number of nitrogens with zero attached hydrogens (tertiary/aromatic N) is 1. The Labute approximate surface area is 102 Å². The standard InChI is InChI=1S/C13H19NO3/c1-9-10(2)12(17-4)6-5-11(9)7-8-14(3)13(15)16/h5-6H,7-8H2,1-4H3,(H,15,16). The Hall–Kier alpha value is -1.71. The highest BCUT2D eigenvalue weighted by Gasteiger charge is 2.09. The Morgan fingerprint density at radius 3 is 2.53 bits per heavy atom. The van der Waals surface area contributed by atoms with E-state index in [1.54, 1.807) is 14.2 Å². The molecule has 1 rings (SSSR count). The smallest absolute Gasteiger partial charge is 0.407 e. The molecule has 0 atom stereocenters. The molecule has 0 spiro atoms. The van der Waals surface area contributed by atoms with Crippen LogP contribution in [-0.2, 0) is 6.42 Å². The average molecular weight is 237 g/mol. The first-order valence-electron chi connectivity index (χ1n) is 5.54.